The Morgan fingerprint density at radius 2 is 1.84 bits per heavy atom. The van der Waals surface area contributed by atoms with E-state index in [2.05, 4.69) is 10.3 Å². The molecule has 1 amide bonds. The number of carbonyl (C=O) groups is 1. The topological polar surface area (TPSA) is 120 Å². The normalized spacial score (nSPS) is 18.4. The van der Waals surface area contributed by atoms with Crippen molar-refractivity contribution in [1.29, 1.82) is 0 Å². The number of sulfonamides is 1. The van der Waals surface area contributed by atoms with Crippen molar-refractivity contribution in [2.75, 3.05) is 33.9 Å². The summed E-state index contributed by atoms with van der Waals surface area (Å²) in [6.45, 7) is 6.69. The number of amides is 1. The third-order valence-electron chi connectivity index (χ3n) is 6.73. The van der Waals surface area contributed by atoms with Crippen molar-refractivity contribution in [3.05, 3.63) is 45.3 Å². The molecule has 1 aliphatic heterocycles. The number of methoxy groups -OCH3 is 2. The summed E-state index contributed by atoms with van der Waals surface area (Å²) in [6, 6.07) is 5.54. The van der Waals surface area contributed by atoms with Crippen LogP contribution in [0, 0.1) is 18.8 Å². The molecule has 0 saturated carbocycles. The number of carbonyl (C=O) groups excluding carboxylic acids is 1. The first kappa shape index (κ1) is 28.1. The van der Waals surface area contributed by atoms with Crippen LogP contribution in [-0.4, -0.2) is 62.0 Å². The van der Waals surface area contributed by atoms with E-state index < -0.39 is 15.6 Å². The largest absolute Gasteiger partial charge is 0.493 e. The Hall–Kier alpha value is -2.96. The number of fused-ring (bicyclic) bond motifs is 1. The van der Waals surface area contributed by atoms with Gasteiger partial charge in [0.1, 0.15) is 16.3 Å². The van der Waals surface area contributed by atoms with Crippen LogP contribution in [0.1, 0.15) is 30.7 Å². The van der Waals surface area contributed by atoms with E-state index in [9.17, 15) is 18.0 Å². The van der Waals surface area contributed by atoms with E-state index in [1.807, 2.05) is 26.0 Å². The first-order valence-corrected chi connectivity index (χ1v) is 14.8. The predicted molar refractivity (Wildman–Crippen MR) is 147 cm³/mol. The molecule has 3 aromatic rings. The van der Waals surface area contributed by atoms with Gasteiger partial charge in [0.15, 0.2) is 11.5 Å². The molecular weight excluding hydrogens is 528 g/mol. The number of thiophene rings is 1. The van der Waals surface area contributed by atoms with Crippen molar-refractivity contribution >= 4 is 37.5 Å². The van der Waals surface area contributed by atoms with E-state index in [1.165, 1.54) is 26.5 Å². The highest BCUT2D eigenvalue weighted by atomic mass is 32.2. The molecule has 1 fully saturated rings. The Morgan fingerprint density at radius 1 is 1.16 bits per heavy atom. The molecule has 4 rings (SSSR count). The Bertz CT molecular complexity index is 1490. The Balaban J connectivity index is 1.51. The predicted octanol–water partition coefficient (Wildman–Crippen LogP) is 2.81. The van der Waals surface area contributed by atoms with Gasteiger partial charge in [-0.3, -0.25) is 14.2 Å². The lowest BCUT2D eigenvalue weighted by molar-refractivity contribution is -0.121. The van der Waals surface area contributed by atoms with E-state index in [0.717, 1.165) is 12.0 Å². The first-order valence-electron chi connectivity index (χ1n) is 12.5. The molecular formula is C26H34N4O6S2. The summed E-state index contributed by atoms with van der Waals surface area (Å²) in [5.41, 5.74) is 0.416. The summed E-state index contributed by atoms with van der Waals surface area (Å²) in [7, 11) is -0.768. The van der Waals surface area contributed by atoms with E-state index >= 15 is 0 Å². The second-order valence-corrected chi connectivity index (χ2v) is 13.0. The standard InChI is InChI=1S/C26H34N4O6S2/c1-16-10-17(2)13-30(12-16)38(33,34)24-18(3)37-25-23(24)26(32)29(15-28-25)14-22(31)27-9-8-19-6-7-20(35-4)21(11-19)36-5/h6-7,11,15-17H,8-10,12-14H2,1-5H3,(H,27,31)/t16-,17-/m1/s1. The fourth-order valence-corrected chi connectivity index (χ4v) is 8.41. The number of nitrogens with zero attached hydrogens (tertiary/aromatic N) is 3. The highest BCUT2D eigenvalue weighted by molar-refractivity contribution is 7.89. The zero-order chi connectivity index (χ0) is 27.6. The van der Waals surface area contributed by atoms with Crippen LogP contribution in [0.2, 0.25) is 0 Å². The maximum Gasteiger partial charge on any atom is 0.263 e. The summed E-state index contributed by atoms with van der Waals surface area (Å²) < 4.78 is 40.6. The number of nitrogens with one attached hydrogen (secondary N) is 1. The molecule has 0 bridgehead atoms. The molecule has 10 nitrogen and oxygen atoms in total. The van der Waals surface area contributed by atoms with E-state index in [4.69, 9.17) is 9.47 Å². The third-order valence-corrected chi connectivity index (χ3v) is 9.88. The quantitative estimate of drug-likeness (QED) is 0.426. The van der Waals surface area contributed by atoms with Crippen molar-refractivity contribution in [1.82, 2.24) is 19.2 Å². The lowest BCUT2D eigenvalue weighted by Gasteiger charge is -2.34. The number of hydrogen-bond acceptors (Lipinski definition) is 8. The number of aromatic nitrogens is 2. The van der Waals surface area contributed by atoms with Gasteiger partial charge >= 0.3 is 0 Å². The van der Waals surface area contributed by atoms with Crippen LogP contribution >= 0.6 is 11.3 Å². The average Bonchev–Trinajstić information content (AvgIpc) is 3.22. The monoisotopic (exact) mass is 562 g/mol. The second kappa shape index (κ2) is 11.4. The molecule has 38 heavy (non-hydrogen) atoms. The minimum absolute atomic E-state index is 0.0134. The number of piperidine rings is 1. The van der Waals surface area contributed by atoms with Crippen molar-refractivity contribution in [2.24, 2.45) is 11.8 Å². The molecule has 0 unspecified atom stereocenters. The van der Waals surface area contributed by atoms with Gasteiger partial charge in [-0.25, -0.2) is 13.4 Å². The van der Waals surface area contributed by atoms with Gasteiger partial charge < -0.3 is 14.8 Å². The minimum atomic E-state index is -3.89. The summed E-state index contributed by atoms with van der Waals surface area (Å²) in [5.74, 6) is 1.32. The highest BCUT2D eigenvalue weighted by Gasteiger charge is 2.35. The first-order chi connectivity index (χ1) is 18.0. The van der Waals surface area contributed by atoms with Gasteiger partial charge in [-0.05, 0) is 49.3 Å². The van der Waals surface area contributed by atoms with Crippen molar-refractivity contribution in [2.45, 2.75) is 45.1 Å². The smallest absolute Gasteiger partial charge is 0.263 e. The molecule has 2 atom stereocenters. The van der Waals surface area contributed by atoms with Crippen molar-refractivity contribution < 1.29 is 22.7 Å². The molecule has 0 spiro atoms. The van der Waals surface area contributed by atoms with Gasteiger partial charge in [-0.2, -0.15) is 4.31 Å². The van der Waals surface area contributed by atoms with Crippen LogP contribution in [-0.2, 0) is 27.8 Å². The average molecular weight is 563 g/mol. The minimum Gasteiger partial charge on any atom is -0.493 e. The Labute approximate surface area is 226 Å². The van der Waals surface area contributed by atoms with Gasteiger partial charge in [-0.1, -0.05) is 19.9 Å². The molecule has 1 aliphatic rings. The number of ether oxygens (including phenoxy) is 2. The van der Waals surface area contributed by atoms with Crippen molar-refractivity contribution in [3.63, 3.8) is 0 Å². The maximum atomic E-state index is 13.7. The highest BCUT2D eigenvalue weighted by Crippen LogP contribution is 2.35. The molecule has 12 heteroatoms. The van der Waals surface area contributed by atoms with Gasteiger partial charge in [0, 0.05) is 24.5 Å². The SMILES string of the molecule is COc1ccc(CCNC(=O)Cn2cnc3sc(C)c(S(=O)(=O)N4C[C@H](C)C[C@@H](C)C4)c3c2=O)cc1OC. The van der Waals surface area contributed by atoms with Gasteiger partial charge in [0.25, 0.3) is 5.56 Å². The fraction of sp³-hybridized carbons (Fsp3) is 0.500. The fourth-order valence-electron chi connectivity index (χ4n) is 5.06. The van der Waals surface area contributed by atoms with Crippen LogP contribution in [0.4, 0.5) is 0 Å². The lowest BCUT2D eigenvalue weighted by Crippen LogP contribution is -2.43. The van der Waals surface area contributed by atoms with Crippen LogP contribution in [0.25, 0.3) is 10.2 Å². The number of aryl methyl sites for hydroxylation is 1. The second-order valence-electron chi connectivity index (χ2n) is 9.90. The molecule has 1 saturated heterocycles. The van der Waals surface area contributed by atoms with Crippen LogP contribution in [0.15, 0.2) is 34.2 Å². The summed E-state index contributed by atoms with van der Waals surface area (Å²) in [6.07, 6.45) is 2.82. The van der Waals surface area contributed by atoms with Gasteiger partial charge in [0.05, 0.1) is 25.9 Å². The zero-order valence-electron chi connectivity index (χ0n) is 22.3. The van der Waals surface area contributed by atoms with E-state index in [-0.39, 0.29) is 34.6 Å². The van der Waals surface area contributed by atoms with Crippen LogP contribution < -0.4 is 20.3 Å². The molecule has 0 radical (unpaired) electrons. The zero-order valence-corrected chi connectivity index (χ0v) is 23.9. The summed E-state index contributed by atoms with van der Waals surface area (Å²) >= 11 is 1.18. The summed E-state index contributed by atoms with van der Waals surface area (Å²) in [5, 5.41) is 2.86. The lowest BCUT2D eigenvalue weighted by atomic mass is 9.94. The number of rotatable bonds is 9. The molecule has 1 N–H and O–H groups in total. The van der Waals surface area contributed by atoms with Gasteiger partial charge in [-0.15, -0.1) is 11.3 Å². The van der Waals surface area contributed by atoms with Crippen molar-refractivity contribution in [3.8, 4) is 11.5 Å². The Kier molecular flexibility index (Phi) is 8.43. The van der Waals surface area contributed by atoms with Gasteiger partial charge in [0.2, 0.25) is 15.9 Å². The van der Waals surface area contributed by atoms with E-state index in [0.29, 0.717) is 47.3 Å². The van der Waals surface area contributed by atoms with E-state index in [1.54, 1.807) is 27.2 Å². The number of hydrogen-bond donors (Lipinski definition) is 1. The molecule has 1 aromatic carbocycles. The molecule has 3 heterocycles. The Morgan fingerprint density at radius 3 is 2.50 bits per heavy atom. The third kappa shape index (κ3) is 5.71. The maximum absolute atomic E-state index is 13.7. The summed E-state index contributed by atoms with van der Waals surface area (Å²) in [4.78, 5) is 31.3. The van der Waals surface area contributed by atoms with Crippen LogP contribution in [0.3, 0.4) is 0 Å². The molecule has 2 aromatic heterocycles. The molecule has 206 valence electrons. The van der Waals surface area contributed by atoms with Crippen LogP contribution in [0.5, 0.6) is 11.5 Å². The molecule has 0 aliphatic carbocycles. The number of benzene rings is 1.